The molecule has 1 heterocycles. The Morgan fingerprint density at radius 1 is 1.10 bits per heavy atom. The molecular formula is C21H24N5O11P2+. The lowest BCUT2D eigenvalue weighted by Gasteiger charge is -2.21. The van der Waals surface area contributed by atoms with E-state index in [-0.39, 0.29) is 31.0 Å². The zero-order valence-electron chi connectivity index (χ0n) is 20.1. The molecule has 5 N–H and O–H groups in total. The SMILES string of the molecule is O=C(NCCCC(O)(OP(O)O)O[P+](=O)O)Oc1ccccc1C(=O)OCn1nnnc1Cc1ccccc1. The Bertz CT molecular complexity index is 1260. The maximum absolute atomic E-state index is 12.7. The third kappa shape index (κ3) is 9.98. The highest BCUT2D eigenvalue weighted by Crippen LogP contribution is 2.38. The third-order valence-corrected chi connectivity index (χ3v) is 5.71. The van der Waals surface area contributed by atoms with Crippen molar-refractivity contribution in [3.8, 4) is 5.75 Å². The van der Waals surface area contributed by atoms with Crippen LogP contribution >= 0.6 is 16.9 Å². The largest absolute Gasteiger partial charge is 0.700 e. The summed E-state index contributed by atoms with van der Waals surface area (Å²) in [6, 6.07) is 15.3. The number of ether oxygens (including phenoxy) is 2. The van der Waals surface area contributed by atoms with Gasteiger partial charge in [-0.2, -0.15) is 4.68 Å². The first-order valence-electron chi connectivity index (χ1n) is 11.1. The number of tetrazole rings is 1. The number of hydrogen-bond donors (Lipinski definition) is 5. The van der Waals surface area contributed by atoms with E-state index in [0.29, 0.717) is 12.2 Å². The molecular weight excluding hydrogens is 560 g/mol. The van der Waals surface area contributed by atoms with Crippen LogP contribution in [0.25, 0.3) is 0 Å². The Morgan fingerprint density at radius 3 is 2.54 bits per heavy atom. The minimum absolute atomic E-state index is 0.0486. The van der Waals surface area contributed by atoms with E-state index in [1.165, 1.54) is 22.9 Å². The number of rotatable bonds is 14. The summed E-state index contributed by atoms with van der Waals surface area (Å²) in [5, 5.41) is 23.7. The van der Waals surface area contributed by atoms with Crippen LogP contribution in [0, 0.1) is 0 Å². The molecule has 0 radical (unpaired) electrons. The highest BCUT2D eigenvalue weighted by atomic mass is 31.2. The number of esters is 1. The first kappa shape index (κ1) is 30.1. The number of carbonyl (C=O) groups excluding carboxylic acids is 2. The molecule has 0 bridgehead atoms. The fraction of sp³-hybridized carbons (Fsp3) is 0.286. The quantitative estimate of drug-likeness (QED) is 0.0783. The van der Waals surface area contributed by atoms with Gasteiger partial charge in [0.25, 0.3) is 0 Å². The summed E-state index contributed by atoms with van der Waals surface area (Å²) in [6.07, 6.45) is -1.16. The topological polar surface area (TPSA) is 225 Å². The van der Waals surface area contributed by atoms with E-state index in [1.807, 2.05) is 30.3 Å². The van der Waals surface area contributed by atoms with Gasteiger partial charge in [0, 0.05) is 24.0 Å². The van der Waals surface area contributed by atoms with Gasteiger partial charge in [-0.15, -0.1) is 9.99 Å². The molecule has 2 unspecified atom stereocenters. The van der Waals surface area contributed by atoms with Crippen molar-refractivity contribution >= 4 is 28.9 Å². The number of aliphatic hydroxyl groups is 1. The zero-order valence-corrected chi connectivity index (χ0v) is 21.9. The average molecular weight is 584 g/mol. The normalized spacial score (nSPS) is 13.0. The summed E-state index contributed by atoms with van der Waals surface area (Å²) in [5.74, 6) is -3.20. The fourth-order valence-electron chi connectivity index (χ4n) is 3.15. The molecule has 3 aromatic rings. The molecule has 3 rings (SSSR count). The second-order valence-corrected chi connectivity index (χ2v) is 8.97. The Labute approximate surface area is 223 Å². The van der Waals surface area contributed by atoms with Gasteiger partial charge in [-0.25, -0.2) is 9.59 Å². The monoisotopic (exact) mass is 584 g/mol. The van der Waals surface area contributed by atoms with E-state index in [2.05, 4.69) is 29.9 Å². The summed E-state index contributed by atoms with van der Waals surface area (Å²) in [5.41, 5.74) is 0.914. The molecule has 18 heteroatoms. The Morgan fingerprint density at radius 2 is 1.82 bits per heavy atom. The molecule has 1 amide bonds. The number of benzene rings is 2. The lowest BCUT2D eigenvalue weighted by molar-refractivity contribution is -0.279. The summed E-state index contributed by atoms with van der Waals surface area (Å²) in [6.45, 7) is -0.439. The maximum Gasteiger partial charge on any atom is 0.700 e. The second-order valence-electron chi connectivity index (χ2n) is 7.62. The first-order chi connectivity index (χ1) is 18.6. The van der Waals surface area contributed by atoms with E-state index in [0.717, 1.165) is 5.56 Å². The second kappa shape index (κ2) is 14.6. The number of aromatic nitrogens is 4. The number of nitrogens with one attached hydrogen (secondary N) is 1. The van der Waals surface area contributed by atoms with Crippen molar-refractivity contribution in [1.29, 1.82) is 0 Å². The van der Waals surface area contributed by atoms with Gasteiger partial charge in [0.1, 0.15) is 11.3 Å². The molecule has 0 saturated heterocycles. The molecule has 0 fully saturated rings. The van der Waals surface area contributed by atoms with Crippen LogP contribution in [0.2, 0.25) is 0 Å². The van der Waals surface area contributed by atoms with Crippen molar-refractivity contribution in [3.05, 3.63) is 71.5 Å². The van der Waals surface area contributed by atoms with Crippen molar-refractivity contribution in [2.75, 3.05) is 6.54 Å². The van der Waals surface area contributed by atoms with Crippen molar-refractivity contribution in [3.63, 3.8) is 0 Å². The van der Waals surface area contributed by atoms with Gasteiger partial charge in [0.2, 0.25) is 0 Å². The van der Waals surface area contributed by atoms with Crippen molar-refractivity contribution in [2.24, 2.45) is 0 Å². The fourth-order valence-corrected chi connectivity index (χ4v) is 3.96. The number of para-hydroxylation sites is 1. The van der Waals surface area contributed by atoms with Gasteiger partial charge in [-0.1, -0.05) is 47.0 Å². The lowest BCUT2D eigenvalue weighted by atomic mass is 10.1. The minimum atomic E-state index is -3.33. The maximum atomic E-state index is 12.7. The number of amides is 1. The standard InChI is InChI=1S/C21H23N5O11P2/c27-19(34-14-26-18(23-24-25-26)13-15-7-2-1-3-8-15)16-9-4-5-10-17(16)35-20(28)22-12-6-11-21(29,36-38(30)31)37-39(32)33/h1-5,7-10,29-31H,6,11-14H2,(H-,22,28,32,33)/p+1. The lowest BCUT2D eigenvalue weighted by Crippen LogP contribution is -2.34. The summed E-state index contributed by atoms with van der Waals surface area (Å²) >= 11 is 0. The van der Waals surface area contributed by atoms with Crippen LogP contribution < -0.4 is 10.1 Å². The van der Waals surface area contributed by atoms with Crippen LogP contribution in [0.15, 0.2) is 54.6 Å². The van der Waals surface area contributed by atoms with Crippen LogP contribution in [0.5, 0.6) is 5.75 Å². The van der Waals surface area contributed by atoms with Crippen LogP contribution in [0.4, 0.5) is 4.79 Å². The average Bonchev–Trinajstić information content (AvgIpc) is 3.32. The predicted octanol–water partition coefficient (Wildman–Crippen LogP) is 1.49. The van der Waals surface area contributed by atoms with E-state index >= 15 is 0 Å². The van der Waals surface area contributed by atoms with E-state index in [9.17, 15) is 19.3 Å². The molecule has 16 nitrogen and oxygen atoms in total. The van der Waals surface area contributed by atoms with Crippen molar-refractivity contribution in [2.45, 2.75) is 32.0 Å². The van der Waals surface area contributed by atoms with Gasteiger partial charge < -0.3 is 29.7 Å². The summed E-state index contributed by atoms with van der Waals surface area (Å²) in [7, 11) is -6.44. The third-order valence-electron chi connectivity index (χ3n) is 4.82. The molecule has 39 heavy (non-hydrogen) atoms. The molecule has 0 aliphatic rings. The predicted molar refractivity (Wildman–Crippen MR) is 130 cm³/mol. The zero-order chi connectivity index (χ0) is 28.3. The number of carbonyl (C=O) groups is 2. The van der Waals surface area contributed by atoms with Gasteiger partial charge in [-0.3, -0.25) is 4.52 Å². The van der Waals surface area contributed by atoms with E-state index in [1.54, 1.807) is 6.07 Å². The first-order valence-corrected chi connectivity index (χ1v) is 13.4. The summed E-state index contributed by atoms with van der Waals surface area (Å²) in [4.78, 5) is 51.5. The van der Waals surface area contributed by atoms with Crippen molar-refractivity contribution < 1.29 is 52.5 Å². The minimum Gasteiger partial charge on any atom is -0.439 e. The smallest absolute Gasteiger partial charge is 0.439 e. The Hall–Kier alpha value is -3.46. The molecule has 0 aliphatic carbocycles. The number of nitrogens with zero attached hydrogens (tertiary/aromatic N) is 4. The van der Waals surface area contributed by atoms with Crippen LogP contribution in [0.3, 0.4) is 0 Å². The molecule has 2 atom stereocenters. The summed E-state index contributed by atoms with van der Waals surface area (Å²) < 4.78 is 31.2. The van der Waals surface area contributed by atoms with Crippen LogP contribution in [-0.2, 0) is 31.5 Å². The highest BCUT2D eigenvalue weighted by molar-refractivity contribution is 7.39. The number of hydrogen-bond acceptors (Lipinski definition) is 13. The molecule has 2 aromatic carbocycles. The highest BCUT2D eigenvalue weighted by Gasteiger charge is 2.42. The molecule has 1 aromatic heterocycles. The molecule has 208 valence electrons. The molecule has 0 saturated carbocycles. The van der Waals surface area contributed by atoms with Crippen molar-refractivity contribution in [1.82, 2.24) is 25.5 Å². The Balaban J connectivity index is 1.51. The van der Waals surface area contributed by atoms with Gasteiger partial charge in [-0.05, 0) is 34.5 Å². The van der Waals surface area contributed by atoms with Gasteiger partial charge in [0.05, 0.1) is 0 Å². The van der Waals surface area contributed by atoms with Crippen LogP contribution in [-0.4, -0.2) is 64.6 Å². The van der Waals surface area contributed by atoms with E-state index < -0.39 is 41.3 Å². The van der Waals surface area contributed by atoms with Gasteiger partial charge >= 0.3 is 34.9 Å². The molecule has 0 spiro atoms. The van der Waals surface area contributed by atoms with Crippen LogP contribution in [0.1, 0.15) is 34.6 Å². The van der Waals surface area contributed by atoms with Gasteiger partial charge in [0.15, 0.2) is 12.6 Å². The van der Waals surface area contributed by atoms with E-state index in [4.69, 9.17) is 24.2 Å². The molecule has 0 aliphatic heterocycles. The Kier molecular flexibility index (Phi) is 11.3.